The SMILES string of the molecule is Cn1nc(C(F)(F)C(F)(F)F)c(C(F)(F)F)c1-[n+]1cc(-c2ccc(C#N)c(N=O)c2)n[nH]1. The Morgan fingerprint density at radius 2 is 1.81 bits per heavy atom. The molecule has 3 rings (SSSR count). The van der Waals surface area contributed by atoms with E-state index in [0.29, 0.717) is 4.68 Å². The van der Waals surface area contributed by atoms with Crippen molar-refractivity contribution in [1.29, 1.82) is 5.26 Å². The molecule has 1 N–H and O–H groups in total. The van der Waals surface area contributed by atoms with Gasteiger partial charge in [-0.3, -0.25) is 0 Å². The highest BCUT2D eigenvalue weighted by atomic mass is 19.4. The van der Waals surface area contributed by atoms with Crippen LogP contribution in [0.2, 0.25) is 0 Å². The standard InChI is InChI=1S/C16H7F8N7O/c1-30-13(11(15(19,20)21)12(27-30)14(17,18)16(22,23)24)31-6-10(26-29-31)7-2-3-8(5-25)9(4-7)28-32/h2-4,6H,1H3/p+1. The minimum Gasteiger partial charge on any atom is -0.192 e. The second-order valence-corrected chi connectivity index (χ2v) is 6.27. The van der Waals surface area contributed by atoms with E-state index in [-0.39, 0.29) is 27.2 Å². The molecular weight excluding hydrogens is 458 g/mol. The third-order valence-corrected chi connectivity index (χ3v) is 4.22. The summed E-state index contributed by atoms with van der Waals surface area (Å²) < 4.78 is 107. The molecule has 0 saturated heterocycles. The van der Waals surface area contributed by atoms with Crippen LogP contribution < -0.4 is 4.68 Å². The average Bonchev–Trinajstić information content (AvgIpc) is 3.30. The molecule has 0 bridgehead atoms. The number of benzene rings is 1. The van der Waals surface area contributed by atoms with E-state index < -0.39 is 35.4 Å². The summed E-state index contributed by atoms with van der Waals surface area (Å²) in [5.74, 6) is -7.09. The van der Waals surface area contributed by atoms with Crippen molar-refractivity contribution in [2.24, 2.45) is 12.2 Å². The summed E-state index contributed by atoms with van der Waals surface area (Å²) in [5, 5.41) is 20.0. The predicted molar refractivity (Wildman–Crippen MR) is 87.4 cm³/mol. The Kier molecular flexibility index (Phi) is 5.24. The van der Waals surface area contributed by atoms with Gasteiger partial charge in [0.25, 0.3) is 5.82 Å². The Morgan fingerprint density at radius 1 is 1.16 bits per heavy atom. The molecule has 1 aromatic carbocycles. The molecular formula is C16H8F8N7O+. The zero-order valence-electron chi connectivity index (χ0n) is 15.4. The molecule has 0 unspecified atom stereocenters. The number of halogens is 8. The molecule has 0 aliphatic carbocycles. The van der Waals surface area contributed by atoms with E-state index in [2.05, 4.69) is 15.4 Å². The van der Waals surface area contributed by atoms with Crippen molar-refractivity contribution < 1.29 is 39.8 Å². The lowest BCUT2D eigenvalue weighted by atomic mass is 10.1. The first kappa shape index (κ1) is 22.8. The van der Waals surface area contributed by atoms with Crippen LogP contribution in [0.1, 0.15) is 16.8 Å². The Bertz CT molecular complexity index is 1230. The van der Waals surface area contributed by atoms with Gasteiger partial charge in [0.15, 0.2) is 11.3 Å². The third-order valence-electron chi connectivity index (χ3n) is 4.22. The smallest absolute Gasteiger partial charge is 0.192 e. The van der Waals surface area contributed by atoms with Gasteiger partial charge in [0.1, 0.15) is 18.0 Å². The van der Waals surface area contributed by atoms with Gasteiger partial charge >= 0.3 is 18.3 Å². The van der Waals surface area contributed by atoms with Crippen LogP contribution in [0.25, 0.3) is 17.1 Å². The van der Waals surface area contributed by atoms with Gasteiger partial charge in [-0.2, -0.15) is 45.1 Å². The molecule has 32 heavy (non-hydrogen) atoms. The van der Waals surface area contributed by atoms with E-state index >= 15 is 0 Å². The predicted octanol–water partition coefficient (Wildman–Crippen LogP) is 4.03. The van der Waals surface area contributed by atoms with Crippen molar-refractivity contribution in [3.63, 3.8) is 0 Å². The molecule has 168 valence electrons. The lowest BCUT2D eigenvalue weighted by Crippen LogP contribution is -2.39. The number of aromatic amines is 1. The molecule has 0 aliphatic rings. The first-order valence-electron chi connectivity index (χ1n) is 8.17. The van der Waals surface area contributed by atoms with Crippen molar-refractivity contribution in [2.75, 3.05) is 0 Å². The zero-order valence-corrected chi connectivity index (χ0v) is 15.4. The summed E-state index contributed by atoms with van der Waals surface area (Å²) in [6.07, 6.45) is -11.1. The first-order valence-corrected chi connectivity index (χ1v) is 8.17. The molecule has 16 heteroatoms. The van der Waals surface area contributed by atoms with E-state index in [1.165, 1.54) is 12.1 Å². The largest absolute Gasteiger partial charge is 0.459 e. The highest BCUT2D eigenvalue weighted by molar-refractivity contribution is 5.67. The lowest BCUT2D eigenvalue weighted by Gasteiger charge is -2.18. The number of rotatable bonds is 4. The number of nitrogens with zero attached hydrogens (tertiary/aromatic N) is 6. The number of aryl methyl sites for hydroxylation is 1. The fraction of sp³-hybridized carbons (Fsp3) is 0.250. The van der Waals surface area contributed by atoms with Crippen LogP contribution in [0.5, 0.6) is 0 Å². The van der Waals surface area contributed by atoms with E-state index in [9.17, 15) is 40.0 Å². The van der Waals surface area contributed by atoms with Crippen molar-refractivity contribution in [1.82, 2.24) is 20.1 Å². The second kappa shape index (κ2) is 7.35. The normalized spacial score (nSPS) is 12.6. The molecule has 0 aliphatic heterocycles. The number of H-pyrrole nitrogens is 1. The van der Waals surface area contributed by atoms with Gasteiger partial charge in [-0.1, -0.05) is 0 Å². The second-order valence-electron chi connectivity index (χ2n) is 6.27. The van der Waals surface area contributed by atoms with Gasteiger partial charge in [-0.25, -0.2) is 0 Å². The summed E-state index contributed by atoms with van der Waals surface area (Å²) in [4.78, 5) is 10.8. The molecule has 2 heterocycles. The van der Waals surface area contributed by atoms with Crippen LogP contribution in [0.4, 0.5) is 40.8 Å². The van der Waals surface area contributed by atoms with Gasteiger partial charge in [-0.15, -0.1) is 19.9 Å². The summed E-state index contributed by atoms with van der Waals surface area (Å²) >= 11 is 0. The fourth-order valence-electron chi connectivity index (χ4n) is 2.80. The topological polar surface area (TPSA) is 104 Å². The van der Waals surface area contributed by atoms with E-state index in [0.717, 1.165) is 19.3 Å². The Balaban J connectivity index is 2.20. The van der Waals surface area contributed by atoms with Gasteiger partial charge in [0.2, 0.25) is 5.69 Å². The minimum absolute atomic E-state index is 0.0881. The number of hydrogen-bond donors (Lipinski definition) is 1. The zero-order chi connectivity index (χ0) is 24.1. The molecule has 0 atom stereocenters. The minimum atomic E-state index is -6.33. The van der Waals surface area contributed by atoms with Crippen molar-refractivity contribution in [3.8, 4) is 23.1 Å². The van der Waals surface area contributed by atoms with Crippen LogP contribution in [0.15, 0.2) is 29.6 Å². The van der Waals surface area contributed by atoms with Gasteiger partial charge in [-0.05, 0) is 28.5 Å². The number of aromatic nitrogens is 5. The van der Waals surface area contributed by atoms with Crippen LogP contribution >= 0.6 is 0 Å². The number of nitriles is 1. The molecule has 0 amide bonds. The maximum atomic E-state index is 13.8. The maximum absolute atomic E-state index is 13.8. The van der Waals surface area contributed by atoms with E-state index in [1.54, 1.807) is 6.07 Å². The van der Waals surface area contributed by atoms with Gasteiger partial charge in [0, 0.05) is 5.56 Å². The quantitative estimate of drug-likeness (QED) is 0.356. The highest BCUT2D eigenvalue weighted by Gasteiger charge is 2.65. The Labute approximate surface area is 171 Å². The molecule has 0 saturated carbocycles. The first-order chi connectivity index (χ1) is 14.7. The van der Waals surface area contributed by atoms with Crippen LogP contribution in [0.3, 0.4) is 0 Å². The van der Waals surface area contributed by atoms with Crippen LogP contribution in [-0.4, -0.2) is 26.3 Å². The molecule has 3 aromatic rings. The van der Waals surface area contributed by atoms with Crippen molar-refractivity contribution in [2.45, 2.75) is 18.3 Å². The summed E-state index contributed by atoms with van der Waals surface area (Å²) in [6.45, 7) is 0. The number of alkyl halides is 8. The summed E-state index contributed by atoms with van der Waals surface area (Å²) in [7, 11) is 0.740. The number of nitrogens with one attached hydrogen (secondary N) is 1. The van der Waals surface area contributed by atoms with Crippen LogP contribution in [-0.2, 0) is 19.1 Å². The molecule has 0 spiro atoms. The summed E-state index contributed by atoms with van der Waals surface area (Å²) in [5.41, 5.74) is -5.30. The van der Waals surface area contributed by atoms with Crippen molar-refractivity contribution >= 4 is 5.69 Å². The number of nitroso groups, excluding NO2 is 1. The number of hydrogen-bond acceptors (Lipinski definition) is 5. The summed E-state index contributed by atoms with van der Waals surface area (Å²) in [6, 6.07) is 5.22. The van der Waals surface area contributed by atoms with Crippen LogP contribution in [0, 0.1) is 16.2 Å². The van der Waals surface area contributed by atoms with E-state index in [1.807, 2.05) is 5.21 Å². The molecule has 0 fully saturated rings. The highest BCUT2D eigenvalue weighted by Crippen LogP contribution is 2.48. The Morgan fingerprint density at radius 3 is 2.34 bits per heavy atom. The average molecular weight is 466 g/mol. The van der Waals surface area contributed by atoms with Crippen molar-refractivity contribution in [3.05, 3.63) is 46.1 Å². The monoisotopic (exact) mass is 466 g/mol. The molecule has 0 radical (unpaired) electrons. The molecule has 2 aromatic heterocycles. The maximum Gasteiger partial charge on any atom is 0.459 e. The Hall–Kier alpha value is -3.90. The lowest BCUT2D eigenvalue weighted by molar-refractivity contribution is -0.665. The van der Waals surface area contributed by atoms with E-state index in [4.69, 9.17) is 5.26 Å². The molecule has 8 nitrogen and oxygen atoms in total. The fourth-order valence-corrected chi connectivity index (χ4v) is 2.80. The van der Waals surface area contributed by atoms with Gasteiger partial charge in [0.05, 0.1) is 12.6 Å². The van der Waals surface area contributed by atoms with Gasteiger partial charge < -0.3 is 0 Å². The third kappa shape index (κ3) is 3.65.